The molecule has 52 heavy (non-hydrogen) atoms. The minimum absolute atomic E-state index is 0.0333. The Kier molecular flexibility index (Phi) is 48.0. The molecule has 0 bridgehead atoms. The van der Waals surface area contributed by atoms with Gasteiger partial charge in [-0.1, -0.05) is 290 Å². The van der Waals surface area contributed by atoms with E-state index in [4.69, 9.17) is 4.74 Å². The number of unbranched alkanes of at least 4 members (excludes halogenated alkanes) is 43. The number of ether oxygens (including phenoxy) is 1. The molecular weight excluding hydrogens is 633 g/mol. The molecule has 0 fully saturated rings. The van der Waals surface area contributed by atoms with Crippen molar-refractivity contribution in [2.75, 3.05) is 6.61 Å². The largest absolute Gasteiger partial charge is 0.466 e. The first-order valence-electron chi connectivity index (χ1n) is 25.0. The molecule has 0 aromatic heterocycles. The molecular formula is C50H100O2. The Morgan fingerprint density at radius 1 is 0.250 bits per heavy atom. The molecule has 312 valence electrons. The zero-order valence-electron chi connectivity index (χ0n) is 36.6. The first-order valence-corrected chi connectivity index (χ1v) is 25.0. The van der Waals surface area contributed by atoms with Crippen molar-refractivity contribution in [1.82, 2.24) is 0 Å². The Bertz CT molecular complexity index is 630. The lowest BCUT2D eigenvalue weighted by Gasteiger charge is -2.06. The highest BCUT2D eigenvalue weighted by atomic mass is 16.5. The summed E-state index contributed by atoms with van der Waals surface area (Å²) in [6.07, 6.45) is 63.9. The fraction of sp³-hybridized carbons (Fsp3) is 0.980. The third kappa shape index (κ3) is 47.5. The summed E-state index contributed by atoms with van der Waals surface area (Å²) in [6, 6.07) is 0. The average molecular weight is 733 g/mol. The highest BCUT2D eigenvalue weighted by Gasteiger charge is 2.03. The summed E-state index contributed by atoms with van der Waals surface area (Å²) < 4.78 is 5.49. The second kappa shape index (κ2) is 48.5. The van der Waals surface area contributed by atoms with Crippen LogP contribution in [0.25, 0.3) is 0 Å². The summed E-state index contributed by atoms with van der Waals surface area (Å²) in [5.41, 5.74) is 0. The van der Waals surface area contributed by atoms with Gasteiger partial charge in [0, 0.05) is 6.42 Å². The molecule has 0 radical (unpaired) electrons. The van der Waals surface area contributed by atoms with Crippen molar-refractivity contribution in [3.05, 3.63) is 0 Å². The van der Waals surface area contributed by atoms with Gasteiger partial charge in [-0.05, 0) is 12.8 Å². The van der Waals surface area contributed by atoms with Crippen LogP contribution in [0.2, 0.25) is 0 Å². The summed E-state index contributed by atoms with van der Waals surface area (Å²) in [5, 5.41) is 0. The van der Waals surface area contributed by atoms with Gasteiger partial charge in [0.25, 0.3) is 0 Å². The van der Waals surface area contributed by atoms with Gasteiger partial charge in [-0.25, -0.2) is 0 Å². The molecule has 0 amide bonds. The van der Waals surface area contributed by atoms with Gasteiger partial charge in [-0.15, -0.1) is 0 Å². The number of rotatable bonds is 47. The maximum atomic E-state index is 12.0. The van der Waals surface area contributed by atoms with Crippen molar-refractivity contribution in [3.63, 3.8) is 0 Å². The van der Waals surface area contributed by atoms with E-state index in [0.717, 1.165) is 12.8 Å². The predicted octanol–water partition coefficient (Wildman–Crippen LogP) is 18.5. The zero-order valence-corrected chi connectivity index (χ0v) is 36.6. The van der Waals surface area contributed by atoms with Crippen LogP contribution in [-0.4, -0.2) is 12.6 Å². The number of hydrogen-bond acceptors (Lipinski definition) is 2. The lowest BCUT2D eigenvalue weighted by molar-refractivity contribution is -0.143. The van der Waals surface area contributed by atoms with Gasteiger partial charge in [-0.3, -0.25) is 4.79 Å². The fourth-order valence-electron chi connectivity index (χ4n) is 8.02. The van der Waals surface area contributed by atoms with Crippen LogP contribution in [0.1, 0.15) is 309 Å². The van der Waals surface area contributed by atoms with E-state index in [1.165, 1.54) is 276 Å². The molecule has 0 aliphatic rings. The van der Waals surface area contributed by atoms with Gasteiger partial charge >= 0.3 is 5.97 Å². The summed E-state index contributed by atoms with van der Waals surface area (Å²) in [6.45, 7) is 5.24. The highest BCUT2D eigenvalue weighted by Crippen LogP contribution is 2.17. The minimum atomic E-state index is 0.0333. The van der Waals surface area contributed by atoms with Crippen molar-refractivity contribution in [3.8, 4) is 0 Å². The minimum Gasteiger partial charge on any atom is -0.466 e. The quantitative estimate of drug-likeness (QED) is 0.0460. The van der Waals surface area contributed by atoms with Crippen molar-refractivity contribution in [1.29, 1.82) is 0 Å². The third-order valence-corrected chi connectivity index (χ3v) is 11.7. The maximum Gasteiger partial charge on any atom is 0.305 e. The molecule has 0 saturated carbocycles. The first-order chi connectivity index (χ1) is 25.8. The van der Waals surface area contributed by atoms with Gasteiger partial charge in [0.2, 0.25) is 0 Å². The van der Waals surface area contributed by atoms with E-state index >= 15 is 0 Å². The molecule has 0 aromatic rings. The van der Waals surface area contributed by atoms with E-state index in [-0.39, 0.29) is 5.97 Å². The van der Waals surface area contributed by atoms with E-state index in [9.17, 15) is 4.79 Å². The van der Waals surface area contributed by atoms with Gasteiger partial charge in [0.05, 0.1) is 6.61 Å². The van der Waals surface area contributed by atoms with Crippen LogP contribution in [0.3, 0.4) is 0 Å². The summed E-state index contributed by atoms with van der Waals surface area (Å²) in [7, 11) is 0. The van der Waals surface area contributed by atoms with Gasteiger partial charge in [-0.2, -0.15) is 0 Å². The van der Waals surface area contributed by atoms with Crippen molar-refractivity contribution < 1.29 is 9.53 Å². The Balaban J connectivity index is 3.13. The molecule has 2 nitrogen and oxygen atoms in total. The van der Waals surface area contributed by atoms with Crippen LogP contribution < -0.4 is 0 Å². The summed E-state index contributed by atoms with van der Waals surface area (Å²) in [5.74, 6) is 0.0333. The SMILES string of the molecule is CCCCCCCCCCCCCCCCCCCCCCCCCCCCCCOC(=O)CCCCCCCCCCCCCCCCCCC. The number of hydrogen-bond donors (Lipinski definition) is 0. The van der Waals surface area contributed by atoms with E-state index in [1.54, 1.807) is 0 Å². The molecule has 0 atom stereocenters. The van der Waals surface area contributed by atoms with Gasteiger partial charge in [0.15, 0.2) is 0 Å². The van der Waals surface area contributed by atoms with Crippen LogP contribution in [-0.2, 0) is 9.53 Å². The monoisotopic (exact) mass is 733 g/mol. The summed E-state index contributed by atoms with van der Waals surface area (Å²) >= 11 is 0. The van der Waals surface area contributed by atoms with Crippen molar-refractivity contribution >= 4 is 5.97 Å². The van der Waals surface area contributed by atoms with Gasteiger partial charge < -0.3 is 4.74 Å². The second-order valence-corrected chi connectivity index (χ2v) is 17.2. The topological polar surface area (TPSA) is 26.3 Å². The number of carbonyl (C=O) groups is 1. The van der Waals surface area contributed by atoms with E-state index in [2.05, 4.69) is 13.8 Å². The van der Waals surface area contributed by atoms with Crippen molar-refractivity contribution in [2.45, 2.75) is 309 Å². The standard InChI is InChI=1S/C50H100O2/c1-3-5-7-9-11-13-15-17-19-21-22-23-24-25-26-27-28-29-30-31-33-35-37-39-41-43-45-47-49-52-50(51)48-46-44-42-40-38-36-34-32-20-18-16-14-12-10-8-6-4-2/h3-49H2,1-2H3. The summed E-state index contributed by atoms with van der Waals surface area (Å²) in [4.78, 5) is 12.0. The zero-order chi connectivity index (χ0) is 37.5. The van der Waals surface area contributed by atoms with E-state index < -0.39 is 0 Å². The number of carbonyl (C=O) groups excluding carboxylic acids is 1. The Labute approximate surface area is 330 Å². The molecule has 0 aliphatic carbocycles. The Morgan fingerprint density at radius 2 is 0.423 bits per heavy atom. The molecule has 0 spiro atoms. The third-order valence-electron chi connectivity index (χ3n) is 11.7. The fourth-order valence-corrected chi connectivity index (χ4v) is 8.02. The molecule has 0 heterocycles. The highest BCUT2D eigenvalue weighted by molar-refractivity contribution is 5.69. The molecule has 0 saturated heterocycles. The van der Waals surface area contributed by atoms with Crippen LogP contribution in [0, 0.1) is 0 Å². The smallest absolute Gasteiger partial charge is 0.305 e. The van der Waals surface area contributed by atoms with Crippen LogP contribution in [0.4, 0.5) is 0 Å². The molecule has 0 unspecified atom stereocenters. The first kappa shape index (κ1) is 51.5. The lowest BCUT2D eigenvalue weighted by Crippen LogP contribution is -2.05. The van der Waals surface area contributed by atoms with Crippen LogP contribution in [0.5, 0.6) is 0 Å². The van der Waals surface area contributed by atoms with E-state index in [0.29, 0.717) is 13.0 Å². The van der Waals surface area contributed by atoms with Gasteiger partial charge in [0.1, 0.15) is 0 Å². The predicted molar refractivity (Wildman–Crippen MR) is 235 cm³/mol. The molecule has 0 rings (SSSR count). The number of esters is 1. The molecule has 2 heteroatoms. The second-order valence-electron chi connectivity index (χ2n) is 17.2. The Morgan fingerprint density at radius 3 is 0.635 bits per heavy atom. The molecule has 0 N–H and O–H groups in total. The normalized spacial score (nSPS) is 11.5. The molecule has 0 aromatic carbocycles. The van der Waals surface area contributed by atoms with Crippen LogP contribution in [0.15, 0.2) is 0 Å². The van der Waals surface area contributed by atoms with E-state index in [1.807, 2.05) is 0 Å². The lowest BCUT2D eigenvalue weighted by atomic mass is 10.0. The average Bonchev–Trinajstić information content (AvgIpc) is 3.15. The van der Waals surface area contributed by atoms with Crippen molar-refractivity contribution in [2.24, 2.45) is 0 Å². The molecule has 0 aliphatic heterocycles. The Hall–Kier alpha value is -0.530. The maximum absolute atomic E-state index is 12.0. The van der Waals surface area contributed by atoms with Crippen LogP contribution >= 0.6 is 0 Å².